The van der Waals surface area contributed by atoms with E-state index in [2.05, 4.69) is 0 Å². The molecule has 0 unspecified atom stereocenters. The van der Waals surface area contributed by atoms with Gasteiger partial charge in [-0.3, -0.25) is 14.5 Å². The van der Waals surface area contributed by atoms with Crippen molar-refractivity contribution in [1.82, 2.24) is 4.90 Å². The summed E-state index contributed by atoms with van der Waals surface area (Å²) in [6.45, 7) is 3.50. The number of esters is 1. The maximum Gasteiger partial charge on any atom is 0.326 e. The van der Waals surface area contributed by atoms with E-state index in [1.807, 2.05) is 6.92 Å². The summed E-state index contributed by atoms with van der Waals surface area (Å²) in [6.07, 6.45) is 2.13. The number of hydrogen-bond acceptors (Lipinski definition) is 5. The van der Waals surface area contributed by atoms with E-state index >= 15 is 0 Å². The Balaban J connectivity index is 2.07. The highest BCUT2D eigenvalue weighted by molar-refractivity contribution is 8.26. The van der Waals surface area contributed by atoms with Crippen LogP contribution in [0.4, 0.5) is 4.39 Å². The Morgan fingerprint density at radius 1 is 1.43 bits per heavy atom. The molecule has 0 N–H and O–H groups in total. The maximum atomic E-state index is 12.9. The van der Waals surface area contributed by atoms with Gasteiger partial charge in [-0.05, 0) is 37.1 Å². The van der Waals surface area contributed by atoms with E-state index in [1.165, 1.54) is 17.0 Å². The Kier molecular flexibility index (Phi) is 5.90. The fourth-order valence-corrected chi connectivity index (χ4v) is 3.08. The molecule has 1 aliphatic rings. The molecular weight excluding hydrogens is 337 g/mol. The van der Waals surface area contributed by atoms with Gasteiger partial charge in [0.2, 0.25) is 0 Å². The van der Waals surface area contributed by atoms with Gasteiger partial charge >= 0.3 is 5.97 Å². The lowest BCUT2D eigenvalue weighted by atomic mass is 10.2. The lowest BCUT2D eigenvalue weighted by Crippen LogP contribution is -2.35. The van der Waals surface area contributed by atoms with Crippen molar-refractivity contribution in [1.29, 1.82) is 0 Å². The zero-order valence-electron chi connectivity index (χ0n) is 12.7. The van der Waals surface area contributed by atoms with E-state index in [0.717, 1.165) is 11.8 Å². The molecular formula is C16H16FNO3S2. The summed E-state index contributed by atoms with van der Waals surface area (Å²) in [5.41, 5.74) is 0.689. The number of halogens is 1. The van der Waals surface area contributed by atoms with E-state index in [4.69, 9.17) is 17.0 Å². The third-order valence-corrected chi connectivity index (χ3v) is 4.61. The Hall–Kier alpha value is -1.73. The Morgan fingerprint density at radius 2 is 2.09 bits per heavy atom. The van der Waals surface area contributed by atoms with Crippen LogP contribution >= 0.6 is 24.0 Å². The van der Waals surface area contributed by atoms with Gasteiger partial charge in [0, 0.05) is 0 Å². The molecule has 0 aromatic heterocycles. The lowest BCUT2D eigenvalue weighted by molar-refractivity contribution is -0.150. The lowest BCUT2D eigenvalue weighted by Gasteiger charge is -2.16. The van der Waals surface area contributed by atoms with Gasteiger partial charge in [-0.15, -0.1) is 0 Å². The fraction of sp³-hybridized carbons (Fsp3) is 0.312. The molecule has 1 aromatic rings. The first-order valence-corrected chi connectivity index (χ1v) is 8.33. The first-order valence-electron chi connectivity index (χ1n) is 7.11. The molecule has 0 bridgehead atoms. The van der Waals surface area contributed by atoms with E-state index in [1.54, 1.807) is 25.1 Å². The van der Waals surface area contributed by atoms with Crippen LogP contribution in [0.2, 0.25) is 0 Å². The van der Waals surface area contributed by atoms with E-state index in [-0.39, 0.29) is 24.4 Å². The number of ether oxygens (including phenoxy) is 1. The van der Waals surface area contributed by atoms with Gasteiger partial charge < -0.3 is 4.74 Å². The molecule has 23 heavy (non-hydrogen) atoms. The first-order chi connectivity index (χ1) is 10.9. The van der Waals surface area contributed by atoms with Crippen molar-refractivity contribution in [3.8, 4) is 0 Å². The zero-order valence-corrected chi connectivity index (χ0v) is 14.4. The molecule has 0 radical (unpaired) electrons. The van der Waals surface area contributed by atoms with Crippen LogP contribution in [0.5, 0.6) is 0 Å². The molecule has 0 saturated carbocycles. The summed E-state index contributed by atoms with van der Waals surface area (Å²) in [5.74, 6) is -1.17. The number of hydrogen-bond donors (Lipinski definition) is 0. The van der Waals surface area contributed by atoms with E-state index < -0.39 is 5.97 Å². The van der Waals surface area contributed by atoms with Crippen molar-refractivity contribution >= 4 is 46.3 Å². The number of amides is 1. The topological polar surface area (TPSA) is 46.6 Å². The number of carbonyl (C=O) groups is 2. The standard InChI is InChI=1S/C16H16FNO3S2/c1-3-10(2)21-14(19)9-18-15(20)13(23-16(18)22)8-11-4-6-12(17)7-5-11/h4-8,10H,3,9H2,1-2H3/b13-8+/t10-/m0/s1. The molecule has 122 valence electrons. The summed E-state index contributed by atoms with van der Waals surface area (Å²) in [7, 11) is 0. The van der Waals surface area contributed by atoms with Crippen LogP contribution < -0.4 is 0 Å². The number of benzene rings is 1. The van der Waals surface area contributed by atoms with Gasteiger partial charge in [0.1, 0.15) is 16.7 Å². The van der Waals surface area contributed by atoms with Gasteiger partial charge in [-0.2, -0.15) is 0 Å². The summed E-state index contributed by atoms with van der Waals surface area (Å²) >= 11 is 6.27. The summed E-state index contributed by atoms with van der Waals surface area (Å²) in [5, 5.41) is 0. The molecule has 1 saturated heterocycles. The number of nitrogens with zero attached hydrogens (tertiary/aromatic N) is 1. The van der Waals surface area contributed by atoms with E-state index in [9.17, 15) is 14.0 Å². The average Bonchev–Trinajstić information content (AvgIpc) is 2.77. The molecule has 1 atom stereocenters. The number of carbonyl (C=O) groups excluding carboxylic acids is 2. The summed E-state index contributed by atoms with van der Waals surface area (Å²) < 4.78 is 18.4. The second-order valence-electron chi connectivity index (χ2n) is 5.03. The van der Waals surface area contributed by atoms with Crippen LogP contribution in [0.1, 0.15) is 25.8 Å². The largest absolute Gasteiger partial charge is 0.461 e. The predicted molar refractivity (Wildman–Crippen MR) is 92.1 cm³/mol. The van der Waals surface area contributed by atoms with Gasteiger partial charge in [0.15, 0.2) is 0 Å². The highest BCUT2D eigenvalue weighted by Gasteiger charge is 2.33. The second kappa shape index (κ2) is 7.70. The Morgan fingerprint density at radius 3 is 2.70 bits per heavy atom. The molecule has 1 amide bonds. The zero-order chi connectivity index (χ0) is 17.0. The van der Waals surface area contributed by atoms with Crippen LogP contribution in [0.25, 0.3) is 6.08 Å². The molecule has 0 spiro atoms. The highest BCUT2D eigenvalue weighted by Crippen LogP contribution is 2.32. The minimum absolute atomic E-state index is 0.198. The monoisotopic (exact) mass is 353 g/mol. The molecule has 0 aliphatic carbocycles. The molecule has 1 fully saturated rings. The quantitative estimate of drug-likeness (QED) is 0.461. The van der Waals surface area contributed by atoms with Crippen molar-refractivity contribution in [3.63, 3.8) is 0 Å². The third kappa shape index (κ3) is 4.62. The van der Waals surface area contributed by atoms with Crippen LogP contribution in [-0.4, -0.2) is 33.7 Å². The number of rotatable bonds is 5. The highest BCUT2D eigenvalue weighted by atomic mass is 32.2. The van der Waals surface area contributed by atoms with Crippen LogP contribution in [0.3, 0.4) is 0 Å². The van der Waals surface area contributed by atoms with Gasteiger partial charge in [0.05, 0.1) is 11.0 Å². The van der Waals surface area contributed by atoms with Gasteiger partial charge in [0.25, 0.3) is 5.91 Å². The van der Waals surface area contributed by atoms with Gasteiger partial charge in [-0.1, -0.05) is 43.0 Å². The second-order valence-corrected chi connectivity index (χ2v) is 6.70. The molecule has 1 heterocycles. The van der Waals surface area contributed by atoms with Crippen molar-refractivity contribution in [2.24, 2.45) is 0 Å². The van der Waals surface area contributed by atoms with Crippen LogP contribution in [0, 0.1) is 5.82 Å². The van der Waals surface area contributed by atoms with Crippen LogP contribution in [0.15, 0.2) is 29.2 Å². The number of thioether (sulfide) groups is 1. The minimum atomic E-state index is -0.487. The first kappa shape index (κ1) is 17.6. The Bertz CT molecular complexity index is 658. The van der Waals surface area contributed by atoms with E-state index in [0.29, 0.717) is 21.2 Å². The van der Waals surface area contributed by atoms with Crippen molar-refractivity contribution < 1.29 is 18.7 Å². The normalized spacial score (nSPS) is 17.7. The van der Waals surface area contributed by atoms with Crippen molar-refractivity contribution in [2.75, 3.05) is 6.54 Å². The smallest absolute Gasteiger partial charge is 0.326 e. The van der Waals surface area contributed by atoms with Crippen LogP contribution in [-0.2, 0) is 14.3 Å². The molecule has 2 rings (SSSR count). The van der Waals surface area contributed by atoms with Crippen molar-refractivity contribution in [3.05, 3.63) is 40.6 Å². The molecule has 4 nitrogen and oxygen atoms in total. The molecule has 1 aliphatic heterocycles. The average molecular weight is 353 g/mol. The number of thiocarbonyl (C=S) groups is 1. The SMILES string of the molecule is CC[C@H](C)OC(=O)CN1C(=O)/C(=C\c2ccc(F)cc2)SC1=S. The molecule has 1 aromatic carbocycles. The maximum absolute atomic E-state index is 12.9. The third-order valence-electron chi connectivity index (χ3n) is 3.24. The van der Waals surface area contributed by atoms with Gasteiger partial charge in [-0.25, -0.2) is 4.39 Å². The summed E-state index contributed by atoms with van der Waals surface area (Å²) in [4.78, 5) is 25.8. The minimum Gasteiger partial charge on any atom is -0.461 e. The Labute approximate surface area is 143 Å². The predicted octanol–water partition coefficient (Wildman–Crippen LogP) is 3.37. The summed E-state index contributed by atoms with van der Waals surface area (Å²) in [6, 6.07) is 5.77. The fourth-order valence-electron chi connectivity index (χ4n) is 1.82. The molecule has 7 heteroatoms. The van der Waals surface area contributed by atoms with Crippen molar-refractivity contribution in [2.45, 2.75) is 26.4 Å².